The molecule has 3 atom stereocenters. The van der Waals surface area contributed by atoms with Gasteiger partial charge in [0.15, 0.2) is 17.3 Å². The number of carbonyl (C=O) groups is 3. The van der Waals surface area contributed by atoms with E-state index in [4.69, 9.17) is 14.2 Å². The van der Waals surface area contributed by atoms with E-state index in [0.29, 0.717) is 29.2 Å². The first-order chi connectivity index (χ1) is 15.0. The molecule has 31 heavy (non-hydrogen) atoms. The van der Waals surface area contributed by atoms with Crippen LogP contribution in [0.25, 0.3) is 0 Å². The number of ketones is 2. The van der Waals surface area contributed by atoms with Gasteiger partial charge in [-0.1, -0.05) is 36.4 Å². The molecule has 4 rings (SSSR count). The molecule has 2 saturated heterocycles. The third kappa shape index (κ3) is 3.93. The summed E-state index contributed by atoms with van der Waals surface area (Å²) >= 11 is 0. The second-order valence-electron chi connectivity index (χ2n) is 7.72. The zero-order valence-electron chi connectivity index (χ0n) is 17.6. The Morgan fingerprint density at radius 3 is 2.45 bits per heavy atom. The van der Waals surface area contributed by atoms with Gasteiger partial charge in [0, 0.05) is 18.7 Å². The van der Waals surface area contributed by atoms with Crippen molar-refractivity contribution in [1.29, 1.82) is 0 Å². The van der Waals surface area contributed by atoms with E-state index in [0.717, 1.165) is 12.8 Å². The highest BCUT2D eigenvalue weighted by Crippen LogP contribution is 2.41. The largest absolute Gasteiger partial charge is 0.493 e. The molecular formula is C24H25NO6. The van der Waals surface area contributed by atoms with Crippen molar-refractivity contribution in [2.75, 3.05) is 27.4 Å². The maximum atomic E-state index is 13.4. The van der Waals surface area contributed by atoms with Crippen LogP contribution in [0.5, 0.6) is 11.5 Å². The lowest BCUT2D eigenvalue weighted by molar-refractivity contribution is -0.141. The highest BCUT2D eigenvalue weighted by molar-refractivity contribution is 6.44. The number of rotatable bonds is 7. The molecular weight excluding hydrogens is 398 g/mol. The quantitative estimate of drug-likeness (QED) is 0.387. The number of benzene rings is 2. The van der Waals surface area contributed by atoms with Crippen LogP contribution in [0.3, 0.4) is 0 Å². The lowest BCUT2D eigenvalue weighted by Crippen LogP contribution is -2.37. The van der Waals surface area contributed by atoms with E-state index in [2.05, 4.69) is 0 Å². The molecule has 2 aromatic rings. The Balaban J connectivity index is 1.77. The number of methoxy groups -OCH3 is 2. The van der Waals surface area contributed by atoms with Gasteiger partial charge in [-0.05, 0) is 30.5 Å². The van der Waals surface area contributed by atoms with Crippen molar-refractivity contribution in [1.82, 2.24) is 4.90 Å². The summed E-state index contributed by atoms with van der Waals surface area (Å²) in [7, 11) is 3.05. The summed E-state index contributed by atoms with van der Waals surface area (Å²) in [6, 6.07) is 13.1. The number of nitrogens with zero attached hydrogens (tertiary/aromatic N) is 1. The molecule has 162 valence electrons. The summed E-state index contributed by atoms with van der Waals surface area (Å²) in [5, 5.41) is 0. The van der Waals surface area contributed by atoms with Gasteiger partial charge >= 0.3 is 0 Å². The Kier molecular flexibility index (Phi) is 6.04. The van der Waals surface area contributed by atoms with Crippen LogP contribution in [-0.2, 0) is 14.3 Å². The Morgan fingerprint density at radius 1 is 1.06 bits per heavy atom. The van der Waals surface area contributed by atoms with Crippen LogP contribution in [0.15, 0.2) is 48.5 Å². The minimum absolute atomic E-state index is 0.148. The molecule has 7 nitrogen and oxygen atoms in total. The number of Topliss-reactive ketones (excluding diaryl/α,β-unsaturated/α-hetero) is 2. The zero-order chi connectivity index (χ0) is 22.0. The number of carbonyl (C=O) groups excluding carboxylic acids is 3. The molecule has 2 heterocycles. The Labute approximate surface area is 180 Å². The van der Waals surface area contributed by atoms with Gasteiger partial charge in [0.25, 0.3) is 5.91 Å². The number of likely N-dealkylation sites (tertiary alicyclic amines) is 1. The second-order valence-corrected chi connectivity index (χ2v) is 7.72. The van der Waals surface area contributed by atoms with Crippen LogP contribution < -0.4 is 9.47 Å². The van der Waals surface area contributed by atoms with Crippen LogP contribution in [0, 0.1) is 5.92 Å². The van der Waals surface area contributed by atoms with E-state index in [-0.39, 0.29) is 18.4 Å². The summed E-state index contributed by atoms with van der Waals surface area (Å²) < 4.78 is 16.4. The number of hydrogen-bond donors (Lipinski definition) is 0. The van der Waals surface area contributed by atoms with E-state index in [9.17, 15) is 14.4 Å². The monoisotopic (exact) mass is 423 g/mol. The molecule has 0 aliphatic carbocycles. The third-order valence-corrected chi connectivity index (χ3v) is 5.92. The first-order valence-electron chi connectivity index (χ1n) is 10.3. The molecule has 0 spiro atoms. The summed E-state index contributed by atoms with van der Waals surface area (Å²) in [6.45, 7) is 0.899. The van der Waals surface area contributed by atoms with Crippen LogP contribution in [0.1, 0.15) is 34.8 Å². The van der Waals surface area contributed by atoms with Crippen LogP contribution in [0.4, 0.5) is 0 Å². The maximum Gasteiger partial charge on any atom is 0.291 e. The molecule has 2 fully saturated rings. The minimum Gasteiger partial charge on any atom is -0.493 e. The fourth-order valence-corrected chi connectivity index (χ4v) is 4.38. The van der Waals surface area contributed by atoms with Gasteiger partial charge in [-0.2, -0.15) is 0 Å². The predicted molar refractivity (Wildman–Crippen MR) is 112 cm³/mol. The Morgan fingerprint density at radius 2 is 1.81 bits per heavy atom. The summed E-state index contributed by atoms with van der Waals surface area (Å²) in [5.41, 5.74) is 1.04. The van der Waals surface area contributed by atoms with Gasteiger partial charge < -0.3 is 19.1 Å². The molecule has 1 amide bonds. The third-order valence-electron chi connectivity index (χ3n) is 5.92. The molecule has 0 bridgehead atoms. The highest BCUT2D eigenvalue weighted by Gasteiger charge is 2.52. The number of amides is 1. The van der Waals surface area contributed by atoms with E-state index in [1.165, 1.54) is 19.1 Å². The normalized spacial score (nSPS) is 23.3. The second kappa shape index (κ2) is 8.89. The predicted octanol–water partition coefficient (Wildman–Crippen LogP) is 2.83. The van der Waals surface area contributed by atoms with Crippen molar-refractivity contribution in [3.05, 3.63) is 59.7 Å². The van der Waals surface area contributed by atoms with E-state index >= 15 is 0 Å². The van der Waals surface area contributed by atoms with Crippen LogP contribution >= 0.6 is 0 Å². The molecule has 2 aromatic carbocycles. The average Bonchev–Trinajstić information content (AvgIpc) is 3.41. The molecule has 2 aliphatic rings. The number of ether oxygens (including phenoxy) is 3. The fraction of sp³-hybridized carbons (Fsp3) is 0.375. The highest BCUT2D eigenvalue weighted by atomic mass is 16.5. The molecule has 0 saturated carbocycles. The molecule has 0 aromatic heterocycles. The maximum absolute atomic E-state index is 13.4. The van der Waals surface area contributed by atoms with Crippen molar-refractivity contribution >= 4 is 17.5 Å². The lowest BCUT2D eigenvalue weighted by atomic mass is 9.86. The van der Waals surface area contributed by atoms with E-state index < -0.39 is 23.7 Å². The zero-order valence-corrected chi connectivity index (χ0v) is 17.6. The fourth-order valence-electron chi connectivity index (χ4n) is 4.38. The minimum atomic E-state index is -1.13. The lowest BCUT2D eigenvalue weighted by Gasteiger charge is -2.29. The van der Waals surface area contributed by atoms with Crippen LogP contribution in [-0.4, -0.2) is 55.8 Å². The summed E-state index contributed by atoms with van der Waals surface area (Å²) in [5.74, 6) is -1.84. The first-order valence-corrected chi connectivity index (χ1v) is 10.3. The molecule has 3 unspecified atom stereocenters. The first kappa shape index (κ1) is 21.1. The van der Waals surface area contributed by atoms with Crippen molar-refractivity contribution in [3.8, 4) is 11.5 Å². The standard InChI is InChI=1S/C24H25NO6/c1-29-18-11-10-16(13-19(18)30-2)21-20(22(26)15-7-4-3-5-8-15)23(27)24(28)25(21)14-17-9-6-12-31-17/h3-5,7-8,10-11,13,17,20-21H,6,9,12,14H2,1-2H3. The Bertz CT molecular complexity index is 983. The van der Waals surface area contributed by atoms with E-state index in [1.54, 1.807) is 48.5 Å². The topological polar surface area (TPSA) is 82.1 Å². The van der Waals surface area contributed by atoms with Crippen LogP contribution in [0.2, 0.25) is 0 Å². The molecule has 7 heteroatoms. The van der Waals surface area contributed by atoms with Crippen molar-refractivity contribution in [2.24, 2.45) is 5.92 Å². The van der Waals surface area contributed by atoms with Crippen molar-refractivity contribution in [3.63, 3.8) is 0 Å². The van der Waals surface area contributed by atoms with Gasteiger partial charge in [0.2, 0.25) is 5.78 Å². The van der Waals surface area contributed by atoms with Gasteiger partial charge in [-0.3, -0.25) is 14.4 Å². The Hall–Kier alpha value is -3.19. The molecule has 0 radical (unpaired) electrons. The van der Waals surface area contributed by atoms with E-state index in [1.807, 2.05) is 0 Å². The van der Waals surface area contributed by atoms with Gasteiger partial charge in [0.05, 0.1) is 26.4 Å². The summed E-state index contributed by atoms with van der Waals surface area (Å²) in [6.07, 6.45) is 1.58. The average molecular weight is 423 g/mol. The number of hydrogen-bond acceptors (Lipinski definition) is 6. The SMILES string of the molecule is COc1ccc(C2C(C(=O)c3ccccc3)C(=O)C(=O)N2CC2CCCO2)cc1OC. The summed E-state index contributed by atoms with van der Waals surface area (Å²) in [4.78, 5) is 40.9. The van der Waals surface area contributed by atoms with Crippen molar-refractivity contribution < 1.29 is 28.6 Å². The van der Waals surface area contributed by atoms with Gasteiger partial charge in [-0.15, -0.1) is 0 Å². The molecule has 2 aliphatic heterocycles. The van der Waals surface area contributed by atoms with Crippen molar-refractivity contribution in [2.45, 2.75) is 25.0 Å². The van der Waals surface area contributed by atoms with Gasteiger partial charge in [0.1, 0.15) is 5.92 Å². The molecule has 0 N–H and O–H groups in total. The van der Waals surface area contributed by atoms with Gasteiger partial charge in [-0.25, -0.2) is 0 Å². The smallest absolute Gasteiger partial charge is 0.291 e.